The molecule has 0 bridgehead atoms. The van der Waals surface area contributed by atoms with Gasteiger partial charge in [0.15, 0.2) is 0 Å². The molecule has 66 valence electrons. The fraction of sp³-hybridized carbons (Fsp3) is 0.857. The molecule has 0 saturated heterocycles. The van der Waals surface area contributed by atoms with E-state index in [0.29, 0.717) is 16.4 Å². The van der Waals surface area contributed by atoms with Gasteiger partial charge in [0, 0.05) is 12.1 Å². The standard InChI is InChI=1S/C7H16N2S2.Na/c1-5(2)9(6(3)4)8-7(10)11;/h5-6H,1-4H3,(H2,8,10,11);/q;+1/p-1. The van der Waals surface area contributed by atoms with Gasteiger partial charge in [-0.25, -0.2) is 5.01 Å². The zero-order valence-corrected chi connectivity index (χ0v) is 12.1. The third kappa shape index (κ3) is 6.57. The van der Waals surface area contributed by atoms with Crippen molar-refractivity contribution in [1.29, 1.82) is 0 Å². The molecule has 0 heterocycles. The average molecular weight is 214 g/mol. The van der Waals surface area contributed by atoms with Crippen LogP contribution in [0.15, 0.2) is 0 Å². The van der Waals surface area contributed by atoms with Crippen LogP contribution in [0.25, 0.3) is 0 Å². The molecule has 0 fully saturated rings. The molecule has 2 nitrogen and oxygen atoms in total. The van der Waals surface area contributed by atoms with Gasteiger partial charge in [-0.05, 0) is 32.0 Å². The van der Waals surface area contributed by atoms with Gasteiger partial charge in [0.1, 0.15) is 0 Å². The summed E-state index contributed by atoms with van der Waals surface area (Å²) < 4.78 is 0.410. The third-order valence-corrected chi connectivity index (χ3v) is 1.52. The molecule has 0 saturated carbocycles. The molecule has 5 heteroatoms. The Hall–Kier alpha value is 1.07. The first kappa shape index (κ1) is 15.5. The van der Waals surface area contributed by atoms with Crippen LogP contribution in [0.5, 0.6) is 0 Å². The topological polar surface area (TPSA) is 15.3 Å². The van der Waals surface area contributed by atoms with Crippen LogP contribution in [0.2, 0.25) is 0 Å². The minimum Gasteiger partial charge on any atom is -0.410 e. The minimum absolute atomic E-state index is 0. The van der Waals surface area contributed by atoms with Gasteiger partial charge in [-0.2, -0.15) is 0 Å². The summed E-state index contributed by atoms with van der Waals surface area (Å²) in [7, 11) is 0. The zero-order valence-electron chi connectivity index (χ0n) is 8.42. The Morgan fingerprint density at radius 1 is 1.25 bits per heavy atom. The Labute approximate surface area is 108 Å². The predicted molar refractivity (Wildman–Crippen MR) is 55.2 cm³/mol. The van der Waals surface area contributed by atoms with Gasteiger partial charge in [-0.1, -0.05) is 0 Å². The van der Waals surface area contributed by atoms with E-state index >= 15 is 0 Å². The number of thiocarbonyl (C=S) groups is 1. The molecule has 0 spiro atoms. The van der Waals surface area contributed by atoms with Gasteiger partial charge >= 0.3 is 29.6 Å². The maximum Gasteiger partial charge on any atom is 1.00 e. The summed E-state index contributed by atoms with van der Waals surface area (Å²) in [5.41, 5.74) is 2.96. The van der Waals surface area contributed by atoms with Crippen molar-refractivity contribution in [3.8, 4) is 0 Å². The summed E-state index contributed by atoms with van der Waals surface area (Å²) in [6.45, 7) is 8.39. The molecule has 0 aliphatic carbocycles. The Kier molecular flexibility index (Phi) is 9.67. The molecule has 0 aromatic rings. The van der Waals surface area contributed by atoms with Crippen molar-refractivity contribution in [3.05, 3.63) is 0 Å². The van der Waals surface area contributed by atoms with Crippen molar-refractivity contribution in [3.63, 3.8) is 0 Å². The molecular formula is C7H15N2NaS2. The van der Waals surface area contributed by atoms with Crippen LogP contribution >= 0.6 is 12.2 Å². The van der Waals surface area contributed by atoms with E-state index < -0.39 is 0 Å². The van der Waals surface area contributed by atoms with Crippen molar-refractivity contribution in [2.24, 2.45) is 0 Å². The van der Waals surface area contributed by atoms with E-state index in [1.807, 2.05) is 5.01 Å². The summed E-state index contributed by atoms with van der Waals surface area (Å²) in [6, 6.07) is 0.826. The Bertz CT molecular complexity index is 131. The molecule has 0 aliphatic rings. The second-order valence-corrected chi connectivity index (χ2v) is 4.07. The van der Waals surface area contributed by atoms with Crippen LogP contribution in [-0.4, -0.2) is 21.4 Å². The molecule has 0 unspecified atom stereocenters. The minimum atomic E-state index is 0. The first-order valence-electron chi connectivity index (χ1n) is 3.71. The van der Waals surface area contributed by atoms with Crippen molar-refractivity contribution in [2.75, 3.05) is 0 Å². The smallest absolute Gasteiger partial charge is 0.410 e. The van der Waals surface area contributed by atoms with Crippen LogP contribution in [-0.2, 0) is 12.6 Å². The van der Waals surface area contributed by atoms with Gasteiger partial charge in [-0.15, -0.1) is 0 Å². The normalized spacial score (nSPS) is 10.2. The predicted octanol–water partition coefficient (Wildman–Crippen LogP) is -1.55. The molecule has 0 atom stereocenters. The van der Waals surface area contributed by atoms with E-state index in [1.165, 1.54) is 0 Å². The van der Waals surface area contributed by atoms with Crippen LogP contribution in [0, 0.1) is 0 Å². The van der Waals surface area contributed by atoms with Crippen LogP contribution in [0.3, 0.4) is 0 Å². The number of hydrazine groups is 1. The van der Waals surface area contributed by atoms with E-state index in [2.05, 4.69) is 33.1 Å². The van der Waals surface area contributed by atoms with Gasteiger partial charge in [-0.3, -0.25) is 0 Å². The summed E-state index contributed by atoms with van der Waals surface area (Å²) in [5.74, 6) is 0. The molecule has 0 aromatic carbocycles. The molecule has 0 amide bonds. The van der Waals surface area contributed by atoms with E-state index in [9.17, 15) is 0 Å². The molecule has 0 radical (unpaired) electrons. The van der Waals surface area contributed by atoms with Gasteiger partial charge in [0.05, 0.1) is 0 Å². The van der Waals surface area contributed by atoms with Crippen molar-refractivity contribution in [2.45, 2.75) is 39.8 Å². The molecule has 0 aliphatic heterocycles. The number of hydrogen-bond acceptors (Lipinski definition) is 3. The van der Waals surface area contributed by atoms with Crippen molar-refractivity contribution in [1.82, 2.24) is 10.4 Å². The van der Waals surface area contributed by atoms with Crippen molar-refractivity contribution >= 4 is 29.2 Å². The van der Waals surface area contributed by atoms with Crippen LogP contribution in [0.4, 0.5) is 0 Å². The quantitative estimate of drug-likeness (QED) is 0.265. The van der Waals surface area contributed by atoms with E-state index in [0.717, 1.165) is 0 Å². The number of rotatable bonds is 3. The fourth-order valence-electron chi connectivity index (χ4n) is 0.960. The van der Waals surface area contributed by atoms with E-state index in [4.69, 9.17) is 24.8 Å². The van der Waals surface area contributed by atoms with E-state index in [-0.39, 0.29) is 29.6 Å². The van der Waals surface area contributed by atoms with E-state index in [1.54, 1.807) is 0 Å². The number of hydrogen-bond donors (Lipinski definition) is 1. The molecule has 12 heavy (non-hydrogen) atoms. The third-order valence-electron chi connectivity index (χ3n) is 1.33. The number of nitrogens with one attached hydrogen (secondary N) is 1. The Morgan fingerprint density at radius 2 is 1.58 bits per heavy atom. The SMILES string of the molecule is CC(C)N(NC(=S)[S-])C(C)C.[Na+]. The summed E-state index contributed by atoms with van der Waals surface area (Å²) >= 11 is 9.54. The molecule has 0 aromatic heterocycles. The fourth-order valence-corrected chi connectivity index (χ4v) is 1.17. The second-order valence-electron chi connectivity index (χ2n) is 2.99. The first-order valence-corrected chi connectivity index (χ1v) is 4.52. The monoisotopic (exact) mass is 214 g/mol. The Balaban J connectivity index is 0. The van der Waals surface area contributed by atoms with Crippen LogP contribution in [0.1, 0.15) is 27.7 Å². The summed E-state index contributed by atoms with van der Waals surface area (Å²) in [6.07, 6.45) is 0. The summed E-state index contributed by atoms with van der Waals surface area (Å²) in [5, 5.41) is 2.04. The summed E-state index contributed by atoms with van der Waals surface area (Å²) in [4.78, 5) is 0. The maximum atomic E-state index is 4.77. The second kappa shape index (κ2) is 7.47. The zero-order chi connectivity index (χ0) is 9.02. The molecule has 0 rings (SSSR count). The van der Waals surface area contributed by atoms with Gasteiger partial charge < -0.3 is 30.3 Å². The average Bonchev–Trinajstić information content (AvgIpc) is 1.81. The van der Waals surface area contributed by atoms with Crippen LogP contribution < -0.4 is 35.0 Å². The van der Waals surface area contributed by atoms with Gasteiger partial charge in [0.25, 0.3) is 0 Å². The Morgan fingerprint density at radius 3 is 1.67 bits per heavy atom. The number of nitrogens with zero attached hydrogens (tertiary/aromatic N) is 1. The largest absolute Gasteiger partial charge is 1.00 e. The maximum absolute atomic E-state index is 4.77. The van der Waals surface area contributed by atoms with Crippen molar-refractivity contribution < 1.29 is 29.6 Å². The molecular weight excluding hydrogens is 199 g/mol. The first-order chi connectivity index (χ1) is 4.95. The molecule has 1 N–H and O–H groups in total. The van der Waals surface area contributed by atoms with Gasteiger partial charge in [0.2, 0.25) is 0 Å².